The van der Waals surface area contributed by atoms with Crippen molar-refractivity contribution in [1.29, 1.82) is 0 Å². The van der Waals surface area contributed by atoms with E-state index in [2.05, 4.69) is 21.3 Å². The highest BCUT2D eigenvalue weighted by Crippen LogP contribution is 2.17. The molecule has 1 heterocycles. The molecule has 2 rings (SSSR count). The number of hydrogen-bond donors (Lipinski definition) is 7. The number of aromatic hydroxyl groups is 1. The molecule has 12 heteroatoms. The quantitative estimate of drug-likeness (QED) is 0.165. The van der Waals surface area contributed by atoms with Gasteiger partial charge in [-0.2, -0.15) is 0 Å². The number of aliphatic carboxylic acids is 1. The van der Waals surface area contributed by atoms with Crippen LogP contribution in [0, 0.1) is 5.92 Å². The van der Waals surface area contributed by atoms with Crippen molar-refractivity contribution in [3.63, 3.8) is 0 Å². The van der Waals surface area contributed by atoms with Gasteiger partial charge in [-0.3, -0.25) is 24.5 Å². The molecule has 1 aliphatic rings. The number of carboxylic acid groups (broad SMARTS) is 1. The van der Waals surface area contributed by atoms with Crippen molar-refractivity contribution in [3.05, 3.63) is 29.8 Å². The molecule has 37 heavy (non-hydrogen) atoms. The topological polar surface area (TPSA) is 192 Å². The second-order valence-corrected chi connectivity index (χ2v) is 10.1. The fourth-order valence-electron chi connectivity index (χ4n) is 3.86. The maximum Gasteiger partial charge on any atom is 0.320 e. The minimum atomic E-state index is -1.01. The van der Waals surface area contributed by atoms with Crippen molar-refractivity contribution >= 4 is 23.7 Å². The van der Waals surface area contributed by atoms with Crippen molar-refractivity contribution in [2.75, 3.05) is 19.8 Å². The van der Waals surface area contributed by atoms with Crippen LogP contribution in [0.25, 0.3) is 0 Å². The van der Waals surface area contributed by atoms with Crippen molar-refractivity contribution in [2.24, 2.45) is 11.7 Å². The molecule has 0 aromatic heterocycles. The summed E-state index contributed by atoms with van der Waals surface area (Å²) in [5.41, 5.74) is 6.11. The standard InChI is InChI=1S/C25H39N5O7/c1-14(2)9-20(29-22(33)19(26)10-17-5-7-18(31)8-6-17)23(34)28-15(3)21(32)27-11-25(12-37-13-25)30-16(4)24(35)36/h5-8,14-16,19-20,30-31H,9-13,26H2,1-4H3,(H,27,32)(H,28,34)(H,29,33)(H,35,36)/t15-,16-,19-,20-/m0/s1. The molecule has 0 bridgehead atoms. The number of nitrogens with one attached hydrogen (secondary N) is 4. The second kappa shape index (κ2) is 13.4. The first kappa shape index (κ1) is 30.0. The molecule has 0 spiro atoms. The van der Waals surface area contributed by atoms with E-state index in [1.165, 1.54) is 26.0 Å². The summed E-state index contributed by atoms with van der Waals surface area (Å²) in [7, 11) is 0. The van der Waals surface area contributed by atoms with Crippen LogP contribution in [0.2, 0.25) is 0 Å². The summed E-state index contributed by atoms with van der Waals surface area (Å²) < 4.78 is 5.21. The van der Waals surface area contributed by atoms with E-state index < -0.39 is 53.4 Å². The third-order valence-electron chi connectivity index (χ3n) is 6.07. The van der Waals surface area contributed by atoms with Crippen LogP contribution in [-0.4, -0.2) is 83.4 Å². The first-order chi connectivity index (χ1) is 17.3. The zero-order valence-corrected chi connectivity index (χ0v) is 21.7. The Morgan fingerprint density at radius 2 is 1.59 bits per heavy atom. The number of carbonyl (C=O) groups is 4. The molecule has 1 fully saturated rings. The number of hydrogen-bond acceptors (Lipinski definition) is 8. The second-order valence-electron chi connectivity index (χ2n) is 10.1. The number of phenols is 1. The Balaban J connectivity index is 1.92. The van der Waals surface area contributed by atoms with Gasteiger partial charge in [0.2, 0.25) is 17.7 Å². The lowest BCUT2D eigenvalue weighted by atomic mass is 9.96. The lowest BCUT2D eigenvalue weighted by Crippen LogP contribution is -2.69. The van der Waals surface area contributed by atoms with Crippen LogP contribution in [0.4, 0.5) is 0 Å². The number of carbonyl (C=O) groups excluding carboxylic acids is 3. The average Bonchev–Trinajstić information content (AvgIpc) is 2.80. The Morgan fingerprint density at radius 1 is 0.973 bits per heavy atom. The van der Waals surface area contributed by atoms with E-state index >= 15 is 0 Å². The van der Waals surface area contributed by atoms with Gasteiger partial charge in [-0.25, -0.2) is 0 Å². The Labute approximate surface area is 216 Å². The highest BCUT2D eigenvalue weighted by Gasteiger charge is 2.41. The summed E-state index contributed by atoms with van der Waals surface area (Å²) >= 11 is 0. The highest BCUT2D eigenvalue weighted by atomic mass is 16.5. The summed E-state index contributed by atoms with van der Waals surface area (Å²) in [6, 6.07) is 2.82. The van der Waals surface area contributed by atoms with Gasteiger partial charge in [0, 0.05) is 6.54 Å². The van der Waals surface area contributed by atoms with Crippen molar-refractivity contribution in [3.8, 4) is 5.75 Å². The largest absolute Gasteiger partial charge is 0.508 e. The van der Waals surface area contributed by atoms with Crippen molar-refractivity contribution < 1.29 is 34.1 Å². The molecule has 12 nitrogen and oxygen atoms in total. The molecule has 0 radical (unpaired) electrons. The molecular weight excluding hydrogens is 482 g/mol. The van der Waals surface area contributed by atoms with Crippen molar-refractivity contribution in [1.82, 2.24) is 21.3 Å². The van der Waals surface area contributed by atoms with Gasteiger partial charge in [-0.15, -0.1) is 0 Å². The summed E-state index contributed by atoms with van der Waals surface area (Å²) in [4.78, 5) is 49.5. The van der Waals surface area contributed by atoms with Gasteiger partial charge in [0.15, 0.2) is 0 Å². The van der Waals surface area contributed by atoms with E-state index in [4.69, 9.17) is 15.6 Å². The first-order valence-corrected chi connectivity index (χ1v) is 12.3. The average molecular weight is 522 g/mol. The smallest absolute Gasteiger partial charge is 0.320 e. The van der Waals surface area contributed by atoms with Crippen LogP contribution < -0.4 is 27.0 Å². The van der Waals surface area contributed by atoms with E-state index in [0.717, 1.165) is 5.56 Å². The lowest BCUT2D eigenvalue weighted by Gasteiger charge is -2.43. The van der Waals surface area contributed by atoms with Gasteiger partial charge in [0.05, 0.1) is 24.8 Å². The van der Waals surface area contributed by atoms with Crippen LogP contribution in [0.3, 0.4) is 0 Å². The summed E-state index contributed by atoms with van der Waals surface area (Å²) in [5, 5.41) is 29.6. The molecule has 4 atom stereocenters. The van der Waals surface area contributed by atoms with E-state index in [1.807, 2.05) is 13.8 Å². The van der Waals surface area contributed by atoms with Crippen LogP contribution in [0.15, 0.2) is 24.3 Å². The third kappa shape index (κ3) is 9.30. The van der Waals surface area contributed by atoms with E-state index in [-0.39, 0.29) is 37.8 Å². The lowest BCUT2D eigenvalue weighted by molar-refractivity contribution is -0.142. The third-order valence-corrected chi connectivity index (χ3v) is 6.07. The SMILES string of the molecule is CC(C)C[C@H](NC(=O)[C@@H](N)Cc1ccc(O)cc1)C(=O)N[C@@H](C)C(=O)NCC1(N[C@@H](C)C(=O)O)COC1. The molecule has 0 aliphatic carbocycles. The number of rotatable bonds is 14. The van der Waals surface area contributed by atoms with Crippen LogP contribution in [0.5, 0.6) is 5.75 Å². The normalized spacial score (nSPS) is 17.6. The van der Waals surface area contributed by atoms with Crippen LogP contribution in [0.1, 0.15) is 39.7 Å². The van der Waals surface area contributed by atoms with Crippen molar-refractivity contribution in [2.45, 2.75) is 70.2 Å². The molecular formula is C25H39N5O7. The number of benzene rings is 1. The Kier molecular flexibility index (Phi) is 10.8. The maximum atomic E-state index is 13.0. The molecule has 3 amide bonds. The fraction of sp³-hybridized carbons (Fsp3) is 0.600. The number of phenolic OH excluding ortho intramolecular Hbond substituents is 1. The number of nitrogens with two attached hydrogens (primary N) is 1. The molecule has 0 unspecified atom stereocenters. The summed E-state index contributed by atoms with van der Waals surface area (Å²) in [6.07, 6.45) is 0.566. The monoisotopic (exact) mass is 521 g/mol. The maximum absolute atomic E-state index is 13.0. The fourth-order valence-corrected chi connectivity index (χ4v) is 3.86. The number of amides is 3. The summed E-state index contributed by atoms with van der Waals surface area (Å²) in [6.45, 7) is 7.47. The minimum Gasteiger partial charge on any atom is -0.508 e. The van der Waals surface area contributed by atoms with Crippen LogP contribution in [-0.2, 0) is 30.3 Å². The van der Waals surface area contributed by atoms with Gasteiger partial charge < -0.3 is 36.6 Å². The zero-order chi connectivity index (χ0) is 27.8. The van der Waals surface area contributed by atoms with Gasteiger partial charge in [0.25, 0.3) is 0 Å². The van der Waals surface area contributed by atoms with Gasteiger partial charge >= 0.3 is 5.97 Å². The molecule has 1 saturated heterocycles. The van der Waals surface area contributed by atoms with E-state index in [1.54, 1.807) is 12.1 Å². The number of carboxylic acids is 1. The molecule has 1 aromatic carbocycles. The molecule has 1 aromatic rings. The Bertz CT molecular complexity index is 949. The molecule has 8 N–H and O–H groups in total. The van der Waals surface area contributed by atoms with Crippen LogP contribution >= 0.6 is 0 Å². The Hall–Kier alpha value is -3.22. The Morgan fingerprint density at radius 3 is 2.11 bits per heavy atom. The molecule has 1 aliphatic heterocycles. The molecule has 0 saturated carbocycles. The predicted octanol–water partition coefficient (Wildman–Crippen LogP) is -0.754. The van der Waals surface area contributed by atoms with Gasteiger partial charge in [-0.05, 0) is 50.3 Å². The zero-order valence-electron chi connectivity index (χ0n) is 21.7. The summed E-state index contributed by atoms with van der Waals surface area (Å²) in [5.74, 6) is -2.30. The predicted molar refractivity (Wildman–Crippen MR) is 136 cm³/mol. The van der Waals surface area contributed by atoms with E-state index in [0.29, 0.717) is 6.42 Å². The van der Waals surface area contributed by atoms with Gasteiger partial charge in [0.1, 0.15) is 23.9 Å². The van der Waals surface area contributed by atoms with Gasteiger partial charge in [-0.1, -0.05) is 26.0 Å². The van der Waals surface area contributed by atoms with E-state index in [9.17, 15) is 24.3 Å². The minimum absolute atomic E-state index is 0.0780. The highest BCUT2D eigenvalue weighted by molar-refractivity contribution is 5.93. The number of ether oxygens (including phenoxy) is 1. The molecule has 206 valence electrons. The first-order valence-electron chi connectivity index (χ1n) is 12.3.